The van der Waals surface area contributed by atoms with Crippen molar-refractivity contribution in [2.75, 3.05) is 7.05 Å². The molecule has 1 aromatic rings. The van der Waals surface area contributed by atoms with Crippen LogP contribution in [0.2, 0.25) is 0 Å². The summed E-state index contributed by atoms with van der Waals surface area (Å²) in [6.07, 6.45) is 2.29. The molecule has 0 aliphatic heterocycles. The summed E-state index contributed by atoms with van der Waals surface area (Å²) in [6, 6.07) is 4.71. The Kier molecular flexibility index (Phi) is 4.15. The van der Waals surface area contributed by atoms with Gasteiger partial charge in [0.25, 0.3) is 5.91 Å². The first kappa shape index (κ1) is 15.0. The molecule has 6 heteroatoms. The van der Waals surface area contributed by atoms with Gasteiger partial charge < -0.3 is 5.32 Å². The summed E-state index contributed by atoms with van der Waals surface area (Å²) in [5, 5.41) is 2.94. The maximum atomic E-state index is 12.2. The van der Waals surface area contributed by atoms with Crippen LogP contribution in [-0.2, 0) is 10.0 Å². The van der Waals surface area contributed by atoms with E-state index in [0.29, 0.717) is 11.5 Å². The number of hydrogen-bond donors (Lipinski definition) is 2. The van der Waals surface area contributed by atoms with E-state index in [2.05, 4.69) is 10.0 Å². The van der Waals surface area contributed by atoms with E-state index >= 15 is 0 Å². The molecule has 1 atom stereocenters. The van der Waals surface area contributed by atoms with E-state index < -0.39 is 10.0 Å². The van der Waals surface area contributed by atoms with Crippen LogP contribution >= 0.6 is 0 Å². The van der Waals surface area contributed by atoms with Gasteiger partial charge in [0, 0.05) is 11.6 Å². The molecule has 1 aliphatic rings. The quantitative estimate of drug-likeness (QED) is 0.863. The Bertz CT molecular complexity index is 621. The average Bonchev–Trinajstić information content (AvgIpc) is 3.23. The molecule has 2 rings (SSSR count). The molecule has 0 spiro atoms. The molecule has 1 aliphatic carbocycles. The van der Waals surface area contributed by atoms with Gasteiger partial charge in [-0.2, -0.15) is 0 Å². The second-order valence-electron chi connectivity index (χ2n) is 5.28. The van der Waals surface area contributed by atoms with E-state index in [1.54, 1.807) is 13.0 Å². The summed E-state index contributed by atoms with van der Waals surface area (Å²) in [7, 11) is -2.18. The zero-order chi connectivity index (χ0) is 14.9. The van der Waals surface area contributed by atoms with Crippen molar-refractivity contribution in [1.82, 2.24) is 10.0 Å². The van der Waals surface area contributed by atoms with Gasteiger partial charge in [-0.05, 0) is 57.4 Å². The van der Waals surface area contributed by atoms with Gasteiger partial charge in [0.1, 0.15) is 0 Å². The highest BCUT2D eigenvalue weighted by Crippen LogP contribution is 2.32. The molecule has 0 unspecified atom stereocenters. The molecule has 0 saturated heterocycles. The van der Waals surface area contributed by atoms with E-state index in [9.17, 15) is 13.2 Å². The van der Waals surface area contributed by atoms with Crippen molar-refractivity contribution in [1.29, 1.82) is 0 Å². The van der Waals surface area contributed by atoms with Crippen LogP contribution in [0.3, 0.4) is 0 Å². The van der Waals surface area contributed by atoms with Crippen LogP contribution in [0.5, 0.6) is 0 Å². The van der Waals surface area contributed by atoms with Gasteiger partial charge in [-0.25, -0.2) is 13.1 Å². The van der Waals surface area contributed by atoms with Crippen molar-refractivity contribution < 1.29 is 13.2 Å². The summed E-state index contributed by atoms with van der Waals surface area (Å²) in [4.78, 5) is 12.4. The lowest BCUT2D eigenvalue weighted by Crippen LogP contribution is -2.34. The second kappa shape index (κ2) is 5.54. The van der Waals surface area contributed by atoms with E-state index in [4.69, 9.17) is 0 Å². The molecular weight excluding hydrogens is 276 g/mol. The van der Waals surface area contributed by atoms with Gasteiger partial charge in [0.15, 0.2) is 0 Å². The van der Waals surface area contributed by atoms with Crippen molar-refractivity contribution in [3.8, 4) is 0 Å². The predicted octanol–water partition coefficient (Wildman–Crippen LogP) is 1.43. The minimum atomic E-state index is -3.53. The lowest BCUT2D eigenvalue weighted by Gasteiger charge is -2.14. The fourth-order valence-electron chi connectivity index (χ4n) is 2.13. The third kappa shape index (κ3) is 3.19. The number of amides is 1. The van der Waals surface area contributed by atoms with Crippen molar-refractivity contribution in [3.05, 3.63) is 29.3 Å². The number of rotatable bonds is 5. The number of aryl methyl sites for hydroxylation is 1. The molecule has 20 heavy (non-hydrogen) atoms. The minimum Gasteiger partial charge on any atom is -0.349 e. The number of hydrogen-bond acceptors (Lipinski definition) is 3. The molecule has 0 bridgehead atoms. The number of sulfonamides is 1. The Balaban J connectivity index is 2.26. The number of benzene rings is 1. The standard InChI is InChI=1S/C14H20N2O3S/c1-9-4-7-12(20(18,19)15-3)8-13(9)14(17)16-10(2)11-5-6-11/h4,7-8,10-11,15H,5-6H2,1-3H3,(H,16,17)/t10-/m1/s1. The molecule has 1 fully saturated rings. The summed E-state index contributed by atoms with van der Waals surface area (Å²) in [6.45, 7) is 3.78. The highest BCUT2D eigenvalue weighted by Gasteiger charge is 2.29. The molecule has 0 radical (unpaired) electrons. The van der Waals surface area contributed by atoms with Crippen molar-refractivity contribution >= 4 is 15.9 Å². The Hall–Kier alpha value is -1.40. The summed E-state index contributed by atoms with van der Waals surface area (Å²) in [5.41, 5.74) is 1.18. The summed E-state index contributed by atoms with van der Waals surface area (Å²) < 4.78 is 25.8. The van der Waals surface area contributed by atoms with E-state index in [1.807, 2.05) is 6.92 Å². The average molecular weight is 296 g/mol. The molecule has 0 aromatic heterocycles. The molecule has 5 nitrogen and oxygen atoms in total. The Morgan fingerprint density at radius 1 is 1.35 bits per heavy atom. The van der Waals surface area contributed by atoms with Crippen LogP contribution in [0.1, 0.15) is 35.7 Å². The first-order chi connectivity index (χ1) is 9.35. The Morgan fingerprint density at radius 2 is 2.00 bits per heavy atom. The maximum Gasteiger partial charge on any atom is 0.251 e. The largest absolute Gasteiger partial charge is 0.349 e. The fraction of sp³-hybridized carbons (Fsp3) is 0.500. The molecule has 2 N–H and O–H groups in total. The first-order valence-electron chi connectivity index (χ1n) is 6.70. The van der Waals surface area contributed by atoms with Crippen LogP contribution in [0.25, 0.3) is 0 Å². The molecule has 1 amide bonds. The smallest absolute Gasteiger partial charge is 0.251 e. The van der Waals surface area contributed by atoms with Crippen LogP contribution in [0.15, 0.2) is 23.1 Å². The maximum absolute atomic E-state index is 12.2. The minimum absolute atomic E-state index is 0.106. The van der Waals surface area contributed by atoms with E-state index in [-0.39, 0.29) is 16.8 Å². The molecule has 1 aromatic carbocycles. The summed E-state index contributed by atoms with van der Waals surface area (Å²) in [5.74, 6) is 0.346. The van der Waals surface area contributed by atoms with Gasteiger partial charge in [-0.15, -0.1) is 0 Å². The highest BCUT2D eigenvalue weighted by molar-refractivity contribution is 7.89. The van der Waals surface area contributed by atoms with Gasteiger partial charge in [0.2, 0.25) is 10.0 Å². The lowest BCUT2D eigenvalue weighted by atomic mass is 10.1. The van der Waals surface area contributed by atoms with Crippen LogP contribution in [0, 0.1) is 12.8 Å². The number of carbonyl (C=O) groups is 1. The number of carbonyl (C=O) groups excluding carboxylic acids is 1. The molecule has 110 valence electrons. The fourth-order valence-corrected chi connectivity index (χ4v) is 2.89. The first-order valence-corrected chi connectivity index (χ1v) is 8.18. The molecule has 0 heterocycles. The topological polar surface area (TPSA) is 75.3 Å². The van der Waals surface area contributed by atoms with Gasteiger partial charge >= 0.3 is 0 Å². The molecule has 1 saturated carbocycles. The van der Waals surface area contributed by atoms with Crippen molar-refractivity contribution in [2.45, 2.75) is 37.6 Å². The van der Waals surface area contributed by atoms with Crippen LogP contribution < -0.4 is 10.0 Å². The lowest BCUT2D eigenvalue weighted by molar-refractivity contribution is 0.0935. The van der Waals surface area contributed by atoms with Gasteiger partial charge in [-0.1, -0.05) is 6.07 Å². The van der Waals surface area contributed by atoms with Gasteiger partial charge in [-0.3, -0.25) is 4.79 Å². The van der Waals surface area contributed by atoms with Gasteiger partial charge in [0.05, 0.1) is 4.90 Å². The van der Waals surface area contributed by atoms with Crippen molar-refractivity contribution in [3.63, 3.8) is 0 Å². The van der Waals surface area contributed by atoms with E-state index in [1.165, 1.54) is 19.2 Å². The third-order valence-electron chi connectivity index (χ3n) is 3.72. The Labute approximate surface area is 119 Å². The Morgan fingerprint density at radius 3 is 2.55 bits per heavy atom. The van der Waals surface area contributed by atoms with Crippen molar-refractivity contribution in [2.24, 2.45) is 5.92 Å². The van der Waals surface area contributed by atoms with Crippen LogP contribution in [-0.4, -0.2) is 27.4 Å². The SMILES string of the molecule is CNS(=O)(=O)c1ccc(C)c(C(=O)N[C@H](C)C2CC2)c1. The zero-order valence-corrected chi connectivity index (χ0v) is 12.8. The predicted molar refractivity (Wildman–Crippen MR) is 77.1 cm³/mol. The normalized spacial score (nSPS) is 16.8. The number of nitrogens with one attached hydrogen (secondary N) is 2. The van der Waals surface area contributed by atoms with E-state index in [0.717, 1.165) is 18.4 Å². The highest BCUT2D eigenvalue weighted by atomic mass is 32.2. The molecular formula is C14H20N2O3S. The van der Waals surface area contributed by atoms with Crippen LogP contribution in [0.4, 0.5) is 0 Å². The summed E-state index contributed by atoms with van der Waals surface area (Å²) >= 11 is 0. The zero-order valence-electron chi connectivity index (χ0n) is 11.9. The third-order valence-corrected chi connectivity index (χ3v) is 5.13. The monoisotopic (exact) mass is 296 g/mol. The second-order valence-corrected chi connectivity index (χ2v) is 7.17.